The van der Waals surface area contributed by atoms with E-state index in [0.717, 1.165) is 0 Å². The van der Waals surface area contributed by atoms with Crippen molar-refractivity contribution >= 4 is 27.4 Å². The first kappa shape index (κ1) is 18.0. The minimum atomic E-state index is -3.73. The highest BCUT2D eigenvalue weighted by molar-refractivity contribution is 7.86. The van der Waals surface area contributed by atoms with Gasteiger partial charge in [-0.15, -0.1) is 0 Å². The first-order valence-corrected chi connectivity index (χ1v) is 8.98. The molecule has 0 bridgehead atoms. The van der Waals surface area contributed by atoms with Crippen LogP contribution in [0.5, 0.6) is 0 Å². The van der Waals surface area contributed by atoms with Gasteiger partial charge in [-0.2, -0.15) is 8.42 Å². The molecule has 0 atom stereocenters. The van der Waals surface area contributed by atoms with Crippen LogP contribution >= 0.6 is 0 Å². The maximum Gasteiger partial charge on any atom is 0.296 e. The molecule has 0 spiro atoms. The van der Waals surface area contributed by atoms with Gasteiger partial charge in [-0.25, -0.2) is 0 Å². The molecule has 3 N–H and O–H groups in total. The number of anilines is 2. The summed E-state index contributed by atoms with van der Waals surface area (Å²) in [5.74, 6) is -0.134. The first-order chi connectivity index (χ1) is 11.5. The van der Waals surface area contributed by atoms with Crippen LogP contribution < -0.4 is 11.1 Å². The van der Waals surface area contributed by atoms with Crippen LogP contribution in [-0.4, -0.2) is 20.9 Å². The van der Waals surface area contributed by atoms with Crippen LogP contribution in [0.3, 0.4) is 0 Å². The van der Waals surface area contributed by atoms with Gasteiger partial charge in [0.25, 0.3) is 10.1 Å². The van der Waals surface area contributed by atoms with Crippen LogP contribution in [0.4, 0.5) is 11.4 Å². The highest BCUT2D eigenvalue weighted by Crippen LogP contribution is 2.13. The topological polar surface area (TPSA) is 98.5 Å². The Morgan fingerprint density at radius 1 is 1.00 bits per heavy atom. The Hall–Kier alpha value is -2.38. The van der Waals surface area contributed by atoms with E-state index in [4.69, 9.17) is 9.92 Å². The fourth-order valence-corrected chi connectivity index (χ4v) is 2.97. The number of hydrogen-bond acceptors (Lipinski definition) is 5. The smallest absolute Gasteiger partial charge is 0.296 e. The number of carbonyl (C=O) groups excluding carboxylic acids is 1. The lowest BCUT2D eigenvalue weighted by atomic mass is 10.2. The van der Waals surface area contributed by atoms with E-state index in [2.05, 4.69) is 5.32 Å². The molecule has 24 heavy (non-hydrogen) atoms. The molecule has 0 saturated carbocycles. The summed E-state index contributed by atoms with van der Waals surface area (Å²) in [4.78, 5) is 11.9. The molecule has 6 nitrogen and oxygen atoms in total. The van der Waals surface area contributed by atoms with E-state index in [1.54, 1.807) is 42.5 Å². The number of amides is 1. The molecule has 0 aliphatic rings. The largest absolute Gasteiger partial charge is 0.399 e. The van der Waals surface area contributed by atoms with E-state index in [1.807, 2.05) is 0 Å². The summed E-state index contributed by atoms with van der Waals surface area (Å²) < 4.78 is 28.7. The van der Waals surface area contributed by atoms with E-state index in [0.29, 0.717) is 30.6 Å². The van der Waals surface area contributed by atoms with E-state index in [-0.39, 0.29) is 17.4 Å². The number of rotatable bonds is 8. The molecule has 0 unspecified atom stereocenters. The molecule has 0 aliphatic heterocycles. The van der Waals surface area contributed by atoms with E-state index < -0.39 is 10.1 Å². The first-order valence-electron chi connectivity index (χ1n) is 7.57. The van der Waals surface area contributed by atoms with Crippen LogP contribution in [0.2, 0.25) is 0 Å². The van der Waals surface area contributed by atoms with Crippen molar-refractivity contribution in [1.29, 1.82) is 0 Å². The molecular weight excluding hydrogens is 328 g/mol. The highest BCUT2D eigenvalue weighted by atomic mass is 32.2. The average Bonchev–Trinajstić information content (AvgIpc) is 2.57. The molecule has 7 heteroatoms. The quantitative estimate of drug-likeness (QED) is 0.434. The SMILES string of the molecule is Nc1ccc(NC(=O)CCCCOS(=O)(=O)c2ccccc2)cc1. The number of nitrogens with two attached hydrogens (primary N) is 1. The Morgan fingerprint density at radius 3 is 2.33 bits per heavy atom. The fraction of sp³-hybridized carbons (Fsp3) is 0.235. The summed E-state index contributed by atoms with van der Waals surface area (Å²) in [6, 6.07) is 14.8. The van der Waals surface area contributed by atoms with Crippen molar-refractivity contribution in [2.45, 2.75) is 24.2 Å². The Bertz CT molecular complexity index is 759. The van der Waals surface area contributed by atoms with Crippen molar-refractivity contribution in [2.75, 3.05) is 17.7 Å². The number of unbranched alkanes of at least 4 members (excludes halogenated alkanes) is 1. The number of nitrogens with one attached hydrogen (secondary N) is 1. The van der Waals surface area contributed by atoms with Crippen LogP contribution in [0.15, 0.2) is 59.5 Å². The summed E-state index contributed by atoms with van der Waals surface area (Å²) in [5, 5.41) is 2.75. The number of benzene rings is 2. The second-order valence-corrected chi connectivity index (χ2v) is 6.83. The molecule has 2 aromatic carbocycles. The van der Waals surface area contributed by atoms with Crippen molar-refractivity contribution in [3.05, 3.63) is 54.6 Å². The predicted octanol–water partition coefficient (Wildman–Crippen LogP) is 2.78. The van der Waals surface area contributed by atoms with Gasteiger partial charge in [-0.3, -0.25) is 8.98 Å². The normalized spacial score (nSPS) is 11.2. The Kier molecular flexibility index (Phi) is 6.34. The number of nitrogen functional groups attached to an aromatic ring is 1. The molecule has 0 aromatic heterocycles. The molecule has 0 aliphatic carbocycles. The maximum absolute atomic E-state index is 11.9. The molecule has 2 rings (SSSR count). The molecule has 1 amide bonds. The lowest BCUT2D eigenvalue weighted by Crippen LogP contribution is -2.12. The maximum atomic E-state index is 11.9. The standard InChI is InChI=1S/C17H20N2O4S/c18-14-9-11-15(12-10-14)19-17(20)8-4-5-13-23-24(21,22)16-6-2-1-3-7-16/h1-3,6-7,9-12H,4-5,8,13,18H2,(H,19,20). The van der Waals surface area contributed by atoms with Crippen molar-refractivity contribution in [3.63, 3.8) is 0 Å². The molecule has 0 heterocycles. The van der Waals surface area contributed by atoms with Gasteiger partial charge < -0.3 is 11.1 Å². The van der Waals surface area contributed by atoms with E-state index >= 15 is 0 Å². The third-order valence-electron chi connectivity index (χ3n) is 3.26. The minimum Gasteiger partial charge on any atom is -0.399 e. The lowest BCUT2D eigenvalue weighted by molar-refractivity contribution is -0.116. The van der Waals surface area contributed by atoms with Gasteiger partial charge in [-0.05, 0) is 49.2 Å². The van der Waals surface area contributed by atoms with Crippen LogP contribution in [0.1, 0.15) is 19.3 Å². The molecule has 0 fully saturated rings. The average molecular weight is 348 g/mol. The molecule has 0 radical (unpaired) electrons. The second kappa shape index (κ2) is 8.47. The molecule has 128 valence electrons. The zero-order valence-corrected chi connectivity index (χ0v) is 14.0. The lowest BCUT2D eigenvalue weighted by Gasteiger charge is -2.07. The van der Waals surface area contributed by atoms with E-state index in [9.17, 15) is 13.2 Å². The van der Waals surface area contributed by atoms with Crippen molar-refractivity contribution in [1.82, 2.24) is 0 Å². The Labute approximate surface area is 141 Å². The summed E-state index contributed by atoms with van der Waals surface area (Å²) in [5.41, 5.74) is 6.88. The summed E-state index contributed by atoms with van der Waals surface area (Å²) in [6.07, 6.45) is 1.30. The summed E-state index contributed by atoms with van der Waals surface area (Å²) in [7, 11) is -3.73. The van der Waals surface area contributed by atoms with Gasteiger partial charge in [0, 0.05) is 17.8 Å². The van der Waals surface area contributed by atoms with Crippen molar-refractivity contribution < 1.29 is 17.4 Å². The third kappa shape index (κ3) is 5.68. The minimum absolute atomic E-state index is 0.0480. The highest BCUT2D eigenvalue weighted by Gasteiger charge is 2.13. The zero-order valence-electron chi connectivity index (χ0n) is 13.1. The van der Waals surface area contributed by atoms with Crippen LogP contribution in [0.25, 0.3) is 0 Å². The summed E-state index contributed by atoms with van der Waals surface area (Å²) >= 11 is 0. The van der Waals surface area contributed by atoms with Gasteiger partial charge >= 0.3 is 0 Å². The zero-order chi connectivity index (χ0) is 17.4. The van der Waals surface area contributed by atoms with Gasteiger partial charge in [-0.1, -0.05) is 18.2 Å². The number of hydrogen-bond donors (Lipinski definition) is 2. The second-order valence-electron chi connectivity index (χ2n) is 5.22. The monoisotopic (exact) mass is 348 g/mol. The van der Waals surface area contributed by atoms with Crippen LogP contribution in [0, 0.1) is 0 Å². The Balaban J connectivity index is 1.67. The van der Waals surface area contributed by atoms with Gasteiger partial charge in [0.1, 0.15) is 0 Å². The Morgan fingerprint density at radius 2 is 1.67 bits per heavy atom. The van der Waals surface area contributed by atoms with Gasteiger partial charge in [0.05, 0.1) is 11.5 Å². The fourth-order valence-electron chi connectivity index (χ4n) is 2.00. The van der Waals surface area contributed by atoms with Crippen molar-refractivity contribution in [3.8, 4) is 0 Å². The van der Waals surface area contributed by atoms with Gasteiger partial charge in [0.15, 0.2) is 0 Å². The van der Waals surface area contributed by atoms with Crippen molar-refractivity contribution in [2.24, 2.45) is 0 Å². The molecule has 2 aromatic rings. The molecule has 0 saturated heterocycles. The third-order valence-corrected chi connectivity index (χ3v) is 4.59. The van der Waals surface area contributed by atoms with Crippen LogP contribution in [-0.2, 0) is 19.1 Å². The summed E-state index contributed by atoms with van der Waals surface area (Å²) in [6.45, 7) is 0.0480. The van der Waals surface area contributed by atoms with Gasteiger partial charge in [0.2, 0.25) is 5.91 Å². The number of carbonyl (C=O) groups is 1. The molecular formula is C17H20N2O4S. The van der Waals surface area contributed by atoms with E-state index in [1.165, 1.54) is 12.1 Å². The predicted molar refractivity (Wildman–Crippen MR) is 92.9 cm³/mol.